The molecule has 2 aliphatic heterocycles. The van der Waals surface area contributed by atoms with Crippen LogP contribution in [0.5, 0.6) is 0 Å². The van der Waals surface area contributed by atoms with Gasteiger partial charge in [0, 0.05) is 37.9 Å². The largest absolute Gasteiger partial charge is 0.390 e. The molecule has 3 heterocycles. The maximum absolute atomic E-state index is 9.44. The summed E-state index contributed by atoms with van der Waals surface area (Å²) in [6.07, 6.45) is 0.944. The lowest BCUT2D eigenvalue weighted by molar-refractivity contribution is -0.00379. The van der Waals surface area contributed by atoms with E-state index < -0.39 is 0 Å². The van der Waals surface area contributed by atoms with Crippen molar-refractivity contribution in [3.63, 3.8) is 0 Å². The fourth-order valence-electron chi connectivity index (χ4n) is 3.01. The SMILES string of the molecule is CC(C)c1ccc(C2CCOC2)c(CN2CC(O)C2)n1. The lowest BCUT2D eigenvalue weighted by Gasteiger charge is -2.36. The fraction of sp³-hybridized carbons (Fsp3) is 0.688. The Morgan fingerprint density at radius 1 is 1.40 bits per heavy atom. The number of hydrogen-bond donors (Lipinski definition) is 1. The molecule has 4 nitrogen and oxygen atoms in total. The first kappa shape index (κ1) is 14.0. The molecule has 0 amide bonds. The van der Waals surface area contributed by atoms with Crippen LogP contribution in [0.15, 0.2) is 12.1 Å². The van der Waals surface area contributed by atoms with Crippen LogP contribution < -0.4 is 0 Å². The number of rotatable bonds is 4. The summed E-state index contributed by atoms with van der Waals surface area (Å²) in [5, 5.41) is 9.44. The van der Waals surface area contributed by atoms with E-state index in [9.17, 15) is 5.11 Å². The Bertz CT molecular complexity index is 464. The van der Waals surface area contributed by atoms with Crippen molar-refractivity contribution >= 4 is 0 Å². The summed E-state index contributed by atoms with van der Waals surface area (Å²) in [4.78, 5) is 7.15. The first-order valence-corrected chi connectivity index (χ1v) is 7.61. The predicted molar refractivity (Wildman–Crippen MR) is 77.8 cm³/mol. The van der Waals surface area contributed by atoms with E-state index in [1.165, 1.54) is 11.3 Å². The minimum Gasteiger partial charge on any atom is -0.390 e. The van der Waals surface area contributed by atoms with Gasteiger partial charge in [0.25, 0.3) is 0 Å². The third-order valence-corrected chi connectivity index (χ3v) is 4.30. The molecule has 20 heavy (non-hydrogen) atoms. The standard InChI is InChI=1S/C16H24N2O2/c1-11(2)15-4-3-14(12-5-6-20-10-12)16(17-15)9-18-7-13(19)8-18/h3-4,11-13,19H,5-10H2,1-2H3. The summed E-state index contributed by atoms with van der Waals surface area (Å²) in [6.45, 7) is 8.43. The molecule has 2 saturated heterocycles. The van der Waals surface area contributed by atoms with Crippen molar-refractivity contribution in [2.45, 2.75) is 44.8 Å². The van der Waals surface area contributed by atoms with Gasteiger partial charge in [0.2, 0.25) is 0 Å². The number of aliphatic hydroxyl groups is 1. The molecule has 110 valence electrons. The number of pyridine rings is 1. The van der Waals surface area contributed by atoms with Gasteiger partial charge in [0.1, 0.15) is 0 Å². The van der Waals surface area contributed by atoms with Gasteiger partial charge in [-0.3, -0.25) is 9.88 Å². The van der Waals surface area contributed by atoms with E-state index >= 15 is 0 Å². The molecular weight excluding hydrogens is 252 g/mol. The van der Waals surface area contributed by atoms with Crippen LogP contribution in [0, 0.1) is 0 Å². The van der Waals surface area contributed by atoms with Gasteiger partial charge in [-0.05, 0) is 24.0 Å². The smallest absolute Gasteiger partial charge is 0.0794 e. The number of aromatic nitrogens is 1. The minimum absolute atomic E-state index is 0.151. The number of hydrogen-bond acceptors (Lipinski definition) is 4. The minimum atomic E-state index is -0.151. The van der Waals surface area contributed by atoms with Gasteiger partial charge in [0.05, 0.1) is 18.4 Å². The second kappa shape index (κ2) is 5.80. The Balaban J connectivity index is 1.83. The van der Waals surface area contributed by atoms with E-state index in [2.05, 4.69) is 30.9 Å². The highest BCUT2D eigenvalue weighted by atomic mass is 16.5. The summed E-state index contributed by atoms with van der Waals surface area (Å²) < 4.78 is 5.53. The van der Waals surface area contributed by atoms with Gasteiger partial charge in [-0.2, -0.15) is 0 Å². The third-order valence-electron chi connectivity index (χ3n) is 4.30. The Labute approximate surface area is 120 Å². The van der Waals surface area contributed by atoms with Gasteiger partial charge in [0.15, 0.2) is 0 Å². The molecule has 0 aromatic carbocycles. The highest BCUT2D eigenvalue weighted by Crippen LogP contribution is 2.29. The van der Waals surface area contributed by atoms with Gasteiger partial charge >= 0.3 is 0 Å². The van der Waals surface area contributed by atoms with E-state index in [-0.39, 0.29) is 6.10 Å². The first-order chi connectivity index (χ1) is 9.63. The van der Waals surface area contributed by atoms with Crippen LogP contribution in [0.1, 0.15) is 49.1 Å². The lowest BCUT2D eigenvalue weighted by Crippen LogP contribution is -2.50. The van der Waals surface area contributed by atoms with Gasteiger partial charge in [-0.25, -0.2) is 0 Å². The second-order valence-corrected chi connectivity index (χ2v) is 6.34. The van der Waals surface area contributed by atoms with Crippen molar-refractivity contribution in [1.29, 1.82) is 0 Å². The number of β-amino-alcohol motifs (C(OH)–C–C–N with tert-alkyl or cyclic N) is 1. The van der Waals surface area contributed by atoms with Crippen molar-refractivity contribution in [1.82, 2.24) is 9.88 Å². The van der Waals surface area contributed by atoms with Crippen LogP contribution in [0.2, 0.25) is 0 Å². The molecule has 0 bridgehead atoms. The maximum atomic E-state index is 9.44. The van der Waals surface area contributed by atoms with E-state index in [4.69, 9.17) is 9.72 Å². The molecule has 1 aromatic heterocycles. The molecule has 0 saturated carbocycles. The molecule has 0 radical (unpaired) electrons. The Morgan fingerprint density at radius 3 is 2.80 bits per heavy atom. The molecular formula is C16H24N2O2. The van der Waals surface area contributed by atoms with E-state index in [1.54, 1.807) is 0 Å². The van der Waals surface area contributed by atoms with Crippen molar-refractivity contribution in [2.75, 3.05) is 26.3 Å². The van der Waals surface area contributed by atoms with Crippen molar-refractivity contribution < 1.29 is 9.84 Å². The van der Waals surface area contributed by atoms with E-state index in [1.807, 2.05) is 0 Å². The van der Waals surface area contributed by atoms with Gasteiger partial charge in [-0.1, -0.05) is 19.9 Å². The molecule has 4 heteroatoms. The zero-order valence-corrected chi connectivity index (χ0v) is 12.4. The Kier molecular flexibility index (Phi) is 4.06. The van der Waals surface area contributed by atoms with E-state index in [0.717, 1.165) is 45.0 Å². The molecule has 0 spiro atoms. The summed E-state index contributed by atoms with van der Waals surface area (Å²) in [6, 6.07) is 4.40. The maximum Gasteiger partial charge on any atom is 0.0794 e. The molecule has 0 aliphatic carbocycles. The van der Waals surface area contributed by atoms with Crippen molar-refractivity contribution in [2.24, 2.45) is 0 Å². The predicted octanol–water partition coefficient (Wildman–Crippen LogP) is 1.89. The van der Waals surface area contributed by atoms with Gasteiger partial charge < -0.3 is 9.84 Å². The average molecular weight is 276 g/mol. The number of nitrogens with zero attached hydrogens (tertiary/aromatic N) is 2. The summed E-state index contributed by atoms with van der Waals surface area (Å²) in [7, 11) is 0. The Hall–Kier alpha value is -0.970. The third kappa shape index (κ3) is 2.87. The fourth-order valence-corrected chi connectivity index (χ4v) is 3.01. The molecule has 3 rings (SSSR count). The average Bonchev–Trinajstić information content (AvgIpc) is 2.90. The molecule has 2 aliphatic rings. The van der Waals surface area contributed by atoms with E-state index in [0.29, 0.717) is 11.8 Å². The monoisotopic (exact) mass is 276 g/mol. The Morgan fingerprint density at radius 2 is 2.20 bits per heavy atom. The van der Waals surface area contributed by atoms with Crippen LogP contribution in [-0.4, -0.2) is 47.4 Å². The number of aliphatic hydroxyl groups excluding tert-OH is 1. The zero-order valence-electron chi connectivity index (χ0n) is 12.4. The molecule has 1 unspecified atom stereocenters. The normalized spacial score (nSPS) is 24.3. The lowest BCUT2D eigenvalue weighted by atomic mass is 9.94. The quantitative estimate of drug-likeness (QED) is 0.912. The van der Waals surface area contributed by atoms with Crippen molar-refractivity contribution in [3.05, 3.63) is 29.1 Å². The second-order valence-electron chi connectivity index (χ2n) is 6.34. The van der Waals surface area contributed by atoms with Crippen LogP contribution in [0.4, 0.5) is 0 Å². The molecule has 1 aromatic rings. The molecule has 2 fully saturated rings. The first-order valence-electron chi connectivity index (χ1n) is 7.61. The zero-order chi connectivity index (χ0) is 14.1. The number of likely N-dealkylation sites (tertiary alicyclic amines) is 1. The van der Waals surface area contributed by atoms with Crippen LogP contribution in [0.25, 0.3) is 0 Å². The van der Waals surface area contributed by atoms with Crippen LogP contribution >= 0.6 is 0 Å². The highest BCUT2D eigenvalue weighted by molar-refractivity contribution is 5.29. The summed E-state index contributed by atoms with van der Waals surface area (Å²) >= 11 is 0. The summed E-state index contributed by atoms with van der Waals surface area (Å²) in [5.41, 5.74) is 3.68. The topological polar surface area (TPSA) is 45.6 Å². The van der Waals surface area contributed by atoms with Crippen LogP contribution in [0.3, 0.4) is 0 Å². The summed E-state index contributed by atoms with van der Waals surface area (Å²) in [5.74, 6) is 0.939. The van der Waals surface area contributed by atoms with Crippen molar-refractivity contribution in [3.8, 4) is 0 Å². The highest BCUT2D eigenvalue weighted by Gasteiger charge is 2.28. The van der Waals surface area contributed by atoms with Gasteiger partial charge in [-0.15, -0.1) is 0 Å². The number of ether oxygens (including phenoxy) is 1. The molecule has 1 atom stereocenters. The van der Waals surface area contributed by atoms with Crippen LogP contribution in [-0.2, 0) is 11.3 Å². The molecule has 1 N–H and O–H groups in total.